The SMILES string of the molecule is CCCCCCCC(CCCCC)CCOC(=O)CCCCCCN(CCCCCO)CCCCCCC(=O)OCCC(CC)C(CCCC)CCCCCC. The number of unbranched alkanes of at least 4 members (excludes halogenated alkanes) is 18. The van der Waals surface area contributed by atoms with E-state index in [0.717, 1.165) is 109 Å². The van der Waals surface area contributed by atoms with Crippen molar-refractivity contribution in [2.24, 2.45) is 17.8 Å². The predicted octanol–water partition coefficient (Wildman–Crippen LogP) is 14.6. The van der Waals surface area contributed by atoms with Crippen LogP contribution in [0.5, 0.6) is 0 Å². The lowest BCUT2D eigenvalue weighted by Gasteiger charge is -2.26. The first-order valence-electron chi connectivity index (χ1n) is 25.1. The number of esters is 2. The van der Waals surface area contributed by atoms with E-state index < -0.39 is 0 Å². The molecule has 0 amide bonds. The summed E-state index contributed by atoms with van der Waals surface area (Å²) >= 11 is 0. The predicted molar refractivity (Wildman–Crippen MR) is 241 cm³/mol. The molecule has 3 atom stereocenters. The maximum Gasteiger partial charge on any atom is 0.305 e. The van der Waals surface area contributed by atoms with Gasteiger partial charge >= 0.3 is 11.9 Å². The Morgan fingerprint density at radius 2 is 0.839 bits per heavy atom. The topological polar surface area (TPSA) is 76.1 Å². The molecule has 0 radical (unpaired) electrons. The zero-order chi connectivity index (χ0) is 41.2. The molecule has 0 aliphatic carbocycles. The Labute approximate surface area is 350 Å². The van der Waals surface area contributed by atoms with Gasteiger partial charge in [0, 0.05) is 19.4 Å². The summed E-state index contributed by atoms with van der Waals surface area (Å²) in [7, 11) is 0. The Kier molecular flexibility index (Phi) is 42.6. The van der Waals surface area contributed by atoms with Crippen molar-refractivity contribution < 1.29 is 24.2 Å². The lowest BCUT2D eigenvalue weighted by atomic mass is 9.80. The Bertz CT molecular complexity index is 821. The van der Waals surface area contributed by atoms with Gasteiger partial charge in [-0.2, -0.15) is 0 Å². The molecule has 334 valence electrons. The number of aliphatic hydroxyl groups excluding tert-OH is 1. The summed E-state index contributed by atoms with van der Waals surface area (Å²) in [5.74, 6) is 2.14. The summed E-state index contributed by atoms with van der Waals surface area (Å²) in [5.41, 5.74) is 0. The largest absolute Gasteiger partial charge is 0.466 e. The van der Waals surface area contributed by atoms with Crippen LogP contribution in [0.3, 0.4) is 0 Å². The fraction of sp³-hybridized carbons (Fsp3) is 0.960. The van der Waals surface area contributed by atoms with Crippen LogP contribution >= 0.6 is 0 Å². The summed E-state index contributed by atoms with van der Waals surface area (Å²) < 4.78 is 11.4. The highest BCUT2D eigenvalue weighted by atomic mass is 16.5. The second-order valence-electron chi connectivity index (χ2n) is 17.5. The molecule has 3 unspecified atom stereocenters. The highest BCUT2D eigenvalue weighted by Gasteiger charge is 2.20. The minimum Gasteiger partial charge on any atom is -0.466 e. The minimum absolute atomic E-state index is 0.0106. The van der Waals surface area contributed by atoms with Crippen LogP contribution in [0.1, 0.15) is 253 Å². The number of hydrogen-bond donors (Lipinski definition) is 1. The van der Waals surface area contributed by atoms with E-state index in [-0.39, 0.29) is 18.5 Å². The van der Waals surface area contributed by atoms with Gasteiger partial charge in [-0.15, -0.1) is 0 Å². The second-order valence-corrected chi connectivity index (χ2v) is 17.5. The van der Waals surface area contributed by atoms with Crippen LogP contribution in [0, 0.1) is 17.8 Å². The molecular weight excluding hydrogens is 695 g/mol. The summed E-state index contributed by atoms with van der Waals surface area (Å²) in [6, 6.07) is 0. The third-order valence-corrected chi connectivity index (χ3v) is 12.4. The van der Waals surface area contributed by atoms with Gasteiger partial charge in [-0.1, -0.05) is 182 Å². The van der Waals surface area contributed by atoms with Crippen LogP contribution in [0.2, 0.25) is 0 Å². The molecule has 0 fully saturated rings. The van der Waals surface area contributed by atoms with E-state index >= 15 is 0 Å². The van der Waals surface area contributed by atoms with E-state index in [1.165, 1.54) is 122 Å². The lowest BCUT2D eigenvalue weighted by Crippen LogP contribution is -2.27. The maximum atomic E-state index is 12.5. The van der Waals surface area contributed by atoms with Gasteiger partial charge in [0.2, 0.25) is 0 Å². The van der Waals surface area contributed by atoms with Gasteiger partial charge < -0.3 is 19.5 Å². The Hall–Kier alpha value is -1.14. The van der Waals surface area contributed by atoms with Crippen LogP contribution < -0.4 is 0 Å². The minimum atomic E-state index is -0.0124. The number of carbonyl (C=O) groups excluding carboxylic acids is 2. The van der Waals surface area contributed by atoms with E-state index in [2.05, 4.69) is 39.5 Å². The third kappa shape index (κ3) is 36.0. The van der Waals surface area contributed by atoms with Crippen LogP contribution in [-0.2, 0) is 19.1 Å². The zero-order valence-corrected chi connectivity index (χ0v) is 38.5. The molecule has 0 aliphatic rings. The molecule has 0 saturated carbocycles. The van der Waals surface area contributed by atoms with Crippen molar-refractivity contribution >= 4 is 11.9 Å². The van der Waals surface area contributed by atoms with Crippen molar-refractivity contribution in [1.29, 1.82) is 0 Å². The third-order valence-electron chi connectivity index (χ3n) is 12.4. The van der Waals surface area contributed by atoms with Crippen LogP contribution in [0.25, 0.3) is 0 Å². The molecule has 0 bridgehead atoms. The first kappa shape index (κ1) is 54.9. The number of aliphatic hydroxyl groups is 1. The Morgan fingerprint density at radius 1 is 0.429 bits per heavy atom. The van der Waals surface area contributed by atoms with Crippen molar-refractivity contribution in [3.05, 3.63) is 0 Å². The van der Waals surface area contributed by atoms with Crippen LogP contribution in [-0.4, -0.2) is 61.4 Å². The van der Waals surface area contributed by atoms with E-state index in [0.29, 0.717) is 37.9 Å². The molecule has 0 aromatic rings. The van der Waals surface area contributed by atoms with Gasteiger partial charge in [0.15, 0.2) is 0 Å². The standard InChI is InChI=1S/C50H99NO5/c1-6-11-15-17-24-33-46(32-23-13-8-3)38-44-55-49(53)36-26-18-20-28-40-51(42-30-22-31-43-52)41-29-21-19-27-37-50(54)56-45-39-47(10-5)48(34-14-9-4)35-25-16-12-7-2/h46-48,52H,6-45H2,1-5H3. The molecule has 0 aliphatic heterocycles. The zero-order valence-electron chi connectivity index (χ0n) is 38.5. The van der Waals surface area contributed by atoms with Gasteiger partial charge in [-0.25, -0.2) is 0 Å². The fourth-order valence-corrected chi connectivity index (χ4v) is 8.53. The molecule has 0 heterocycles. The summed E-state index contributed by atoms with van der Waals surface area (Å²) in [5, 5.41) is 9.22. The monoisotopic (exact) mass is 794 g/mol. The average Bonchev–Trinajstić information content (AvgIpc) is 3.20. The first-order chi connectivity index (χ1) is 27.4. The van der Waals surface area contributed by atoms with E-state index in [1.54, 1.807) is 0 Å². The molecule has 56 heavy (non-hydrogen) atoms. The summed E-state index contributed by atoms with van der Waals surface area (Å²) in [6.07, 6.45) is 39.8. The van der Waals surface area contributed by atoms with Crippen LogP contribution in [0.4, 0.5) is 0 Å². The molecule has 6 nitrogen and oxygen atoms in total. The highest BCUT2D eigenvalue weighted by Crippen LogP contribution is 2.30. The highest BCUT2D eigenvalue weighted by molar-refractivity contribution is 5.69. The second kappa shape index (κ2) is 43.4. The van der Waals surface area contributed by atoms with Crippen molar-refractivity contribution in [1.82, 2.24) is 4.90 Å². The average molecular weight is 794 g/mol. The van der Waals surface area contributed by atoms with Gasteiger partial charge in [-0.05, 0) is 95.2 Å². The van der Waals surface area contributed by atoms with E-state index in [1.807, 2.05) is 0 Å². The number of hydrogen-bond acceptors (Lipinski definition) is 6. The first-order valence-corrected chi connectivity index (χ1v) is 25.1. The molecule has 0 rings (SSSR count). The Morgan fingerprint density at radius 3 is 1.38 bits per heavy atom. The number of ether oxygens (including phenoxy) is 2. The molecule has 6 heteroatoms. The van der Waals surface area contributed by atoms with Crippen molar-refractivity contribution in [3.8, 4) is 0 Å². The molecule has 0 aromatic heterocycles. The smallest absolute Gasteiger partial charge is 0.305 e. The quantitative estimate of drug-likeness (QED) is 0.0489. The van der Waals surface area contributed by atoms with Gasteiger partial charge in [0.05, 0.1) is 13.2 Å². The molecular formula is C50H99NO5. The number of rotatable bonds is 45. The molecule has 0 spiro atoms. The van der Waals surface area contributed by atoms with Gasteiger partial charge in [0.25, 0.3) is 0 Å². The summed E-state index contributed by atoms with van der Waals surface area (Å²) in [6.45, 7) is 16.2. The molecule has 0 aromatic carbocycles. The maximum absolute atomic E-state index is 12.5. The van der Waals surface area contributed by atoms with Crippen molar-refractivity contribution in [3.63, 3.8) is 0 Å². The van der Waals surface area contributed by atoms with Crippen molar-refractivity contribution in [2.45, 2.75) is 253 Å². The molecule has 1 N–H and O–H groups in total. The van der Waals surface area contributed by atoms with Crippen molar-refractivity contribution in [2.75, 3.05) is 39.5 Å². The number of carbonyl (C=O) groups is 2. The summed E-state index contributed by atoms with van der Waals surface area (Å²) in [4.78, 5) is 27.6. The van der Waals surface area contributed by atoms with Gasteiger partial charge in [-0.3, -0.25) is 9.59 Å². The normalized spacial score (nSPS) is 13.3. The van der Waals surface area contributed by atoms with Crippen LogP contribution in [0.15, 0.2) is 0 Å². The Balaban J connectivity index is 4.30. The molecule has 0 saturated heterocycles. The number of nitrogens with zero attached hydrogens (tertiary/aromatic N) is 1. The fourth-order valence-electron chi connectivity index (χ4n) is 8.53. The van der Waals surface area contributed by atoms with E-state index in [9.17, 15) is 14.7 Å². The van der Waals surface area contributed by atoms with Gasteiger partial charge in [0.1, 0.15) is 0 Å². The lowest BCUT2D eigenvalue weighted by molar-refractivity contribution is -0.145. The van der Waals surface area contributed by atoms with E-state index in [4.69, 9.17) is 9.47 Å².